The number of carbonyl (C=O) groups excluding carboxylic acids is 6. The number of nitrogens with one attached hydrogen (secondary N) is 2. The fourth-order valence-corrected chi connectivity index (χ4v) is 12.1. The second-order valence-electron chi connectivity index (χ2n) is 21.8. The number of rotatable bonds is 12. The smallest absolute Gasteiger partial charge is 0.249 e. The summed E-state index contributed by atoms with van der Waals surface area (Å²) in [5, 5.41) is 102. The van der Waals surface area contributed by atoms with Crippen molar-refractivity contribution >= 4 is 46.4 Å². The average Bonchev–Trinajstić information content (AvgIpc) is 0.884. The second kappa shape index (κ2) is 21.8. The molecule has 2 aliphatic heterocycles. The van der Waals surface area contributed by atoms with E-state index in [0.717, 1.165) is 0 Å². The number of hydrogen-bond acceptors (Lipinski definition) is 24. The van der Waals surface area contributed by atoms with E-state index in [-0.39, 0.29) is 80.3 Å². The molecule has 2 fully saturated rings. The van der Waals surface area contributed by atoms with Gasteiger partial charge in [0.05, 0.1) is 95.6 Å². The lowest BCUT2D eigenvalue weighted by molar-refractivity contribution is -0.246. The van der Waals surface area contributed by atoms with Crippen LogP contribution in [0.3, 0.4) is 0 Å². The van der Waals surface area contributed by atoms with Crippen molar-refractivity contribution in [3.63, 3.8) is 0 Å². The Morgan fingerprint density at radius 1 is 0.602 bits per heavy atom. The van der Waals surface area contributed by atoms with Crippen LogP contribution in [0.25, 0.3) is 0 Å². The monoisotopic (exact) mass is 1150 g/mol. The van der Waals surface area contributed by atoms with Crippen LogP contribution >= 0.6 is 0 Å². The van der Waals surface area contributed by atoms with E-state index in [1.807, 2.05) is 0 Å². The van der Waals surface area contributed by atoms with E-state index < -0.39 is 185 Å². The fraction of sp³-hybridized carbons (Fsp3) is 0.439. The molecule has 4 aromatic carbocycles. The molecule has 26 nitrogen and oxygen atoms in total. The number of aromatic hydroxyl groups is 4. The number of phenols is 4. The van der Waals surface area contributed by atoms with Crippen molar-refractivity contribution < 1.29 is 98.0 Å². The van der Waals surface area contributed by atoms with Gasteiger partial charge >= 0.3 is 0 Å². The van der Waals surface area contributed by atoms with Gasteiger partial charge < -0.3 is 80.7 Å². The summed E-state index contributed by atoms with van der Waals surface area (Å²) in [6.45, 7) is 5.72. The van der Waals surface area contributed by atoms with E-state index in [2.05, 4.69) is 21.1 Å². The Balaban J connectivity index is 0.896. The number of amides is 2. The van der Waals surface area contributed by atoms with Gasteiger partial charge in [-0.2, -0.15) is 10.2 Å². The van der Waals surface area contributed by atoms with Gasteiger partial charge in [-0.3, -0.25) is 28.8 Å². The first-order valence-corrected chi connectivity index (χ1v) is 26.6. The Kier molecular flexibility index (Phi) is 15.3. The number of fused-ring (bicyclic) bond motifs is 6. The van der Waals surface area contributed by atoms with Gasteiger partial charge in [0.15, 0.2) is 24.1 Å². The topological polar surface area (TPSA) is 420 Å². The Morgan fingerprint density at radius 3 is 1.31 bits per heavy atom. The number of benzene rings is 4. The lowest BCUT2D eigenvalue weighted by Crippen LogP contribution is -2.52. The maximum absolute atomic E-state index is 14.2. The van der Waals surface area contributed by atoms with E-state index in [0.29, 0.717) is 0 Å². The minimum Gasteiger partial charge on any atom is -0.507 e. The minimum absolute atomic E-state index is 0.0366. The molecule has 0 radical (unpaired) electrons. The van der Waals surface area contributed by atoms with Gasteiger partial charge in [-0.05, 0) is 39.8 Å². The highest BCUT2D eigenvalue weighted by Gasteiger charge is 2.52. The summed E-state index contributed by atoms with van der Waals surface area (Å²) in [7, 11) is 2.59. The molecular weight excluding hydrogens is 1090 g/mol. The number of nitrogens with zero attached hydrogens (tertiary/aromatic N) is 2. The molecule has 14 N–H and O–H groups in total. The van der Waals surface area contributed by atoms with Crippen LogP contribution in [0, 0.1) is 0 Å². The highest BCUT2D eigenvalue weighted by atomic mass is 16.7. The van der Waals surface area contributed by atoms with Crippen LogP contribution in [0.15, 0.2) is 46.6 Å². The first-order chi connectivity index (χ1) is 39.2. The lowest BCUT2D eigenvalue weighted by atomic mass is 9.71. The van der Waals surface area contributed by atoms with Crippen LogP contribution in [0.1, 0.15) is 158 Å². The summed E-state index contributed by atoms with van der Waals surface area (Å²) in [6, 6.07) is 6.89. The number of hydrazone groups is 2. The van der Waals surface area contributed by atoms with Crippen molar-refractivity contribution in [1.82, 2.24) is 10.9 Å². The second-order valence-corrected chi connectivity index (χ2v) is 21.8. The molecule has 12 atom stereocenters. The molecule has 83 heavy (non-hydrogen) atoms. The third kappa shape index (κ3) is 9.86. The molecule has 0 saturated carbocycles. The Bertz CT molecular complexity index is 3260. The van der Waals surface area contributed by atoms with E-state index in [4.69, 9.17) is 39.9 Å². The predicted molar refractivity (Wildman–Crippen MR) is 286 cm³/mol. The summed E-state index contributed by atoms with van der Waals surface area (Å²) >= 11 is 0. The van der Waals surface area contributed by atoms with Crippen LogP contribution in [-0.2, 0) is 41.4 Å². The Hall–Kier alpha value is -7.76. The quantitative estimate of drug-likeness (QED) is 0.0355. The number of ether oxygens (including phenoxy) is 6. The van der Waals surface area contributed by atoms with Crippen molar-refractivity contribution in [2.75, 3.05) is 14.2 Å². The zero-order chi connectivity index (χ0) is 60.0. The van der Waals surface area contributed by atoms with Crippen LogP contribution in [0.4, 0.5) is 0 Å². The van der Waals surface area contributed by atoms with E-state index in [1.54, 1.807) is 13.8 Å². The number of hydrogen-bond donors (Lipinski definition) is 12. The van der Waals surface area contributed by atoms with Gasteiger partial charge in [-0.1, -0.05) is 24.3 Å². The largest absolute Gasteiger partial charge is 0.507 e. The van der Waals surface area contributed by atoms with Gasteiger partial charge in [0.25, 0.3) is 0 Å². The Labute approximate surface area is 472 Å². The highest BCUT2D eigenvalue weighted by molar-refractivity contribution is 6.32. The lowest BCUT2D eigenvalue weighted by Gasteiger charge is -2.42. The SMILES string of the molecule is COc1cccc2c1C(=O)c1c(O)c3c(c(O)c1C2=O)CC(O)(C(C)=NNC(=O)CC(=O)NN=C(C)C1(O)Cc2c(O)c4c(c(O)c2C(OC2CC(N)C(O)C(C)O2)C1)C(=O)c1c(OC)cccc1C4=O)CC3OC1CC(N)C(O)C(C)O1. The van der Waals surface area contributed by atoms with Crippen molar-refractivity contribution in [3.05, 3.63) is 103 Å². The summed E-state index contributed by atoms with van der Waals surface area (Å²) < 4.78 is 35.2. The predicted octanol–water partition coefficient (Wildman–Crippen LogP) is 1.27. The molecule has 440 valence electrons. The van der Waals surface area contributed by atoms with Crippen LogP contribution in [-0.4, -0.2) is 162 Å². The molecular formula is C57H62N6O20. The standard InChI is InChI=1S/C57H62N6O20/c1-20-46(66)28(58)13-36(80-20)82-32-18-56(76,16-26-40(32)54(74)44-42(50(26)70)48(68)24-9-7-11-30(78-5)38(24)52(44)72)22(3)60-62-34(64)15-35(65)63-61-23(4)57(77)17-27-41(33(19-57)83-37-14-29(59)47(67)21(2)81-37)55(75)45-43(51(27)71)49(69)25-10-8-12-31(79-6)39(25)53(45)73/h7-12,20-21,28-29,32-33,36-37,46-47,66-67,70-71,74-77H,13-19,58-59H2,1-6H3,(H,62,64)(H,63,65). The summed E-state index contributed by atoms with van der Waals surface area (Å²) in [5.41, 5.74) is 8.60. The minimum atomic E-state index is -2.16. The number of aliphatic hydroxyl groups excluding tert-OH is 2. The molecule has 2 heterocycles. The van der Waals surface area contributed by atoms with Gasteiger partial charge in [0.1, 0.15) is 52.1 Å². The number of carbonyl (C=O) groups is 6. The van der Waals surface area contributed by atoms with Crippen LogP contribution in [0.5, 0.6) is 34.5 Å². The number of methoxy groups -OCH3 is 2. The van der Waals surface area contributed by atoms with Crippen molar-refractivity contribution in [2.24, 2.45) is 21.7 Å². The van der Waals surface area contributed by atoms with Crippen molar-refractivity contribution in [1.29, 1.82) is 0 Å². The molecule has 2 amide bonds. The molecule has 4 aliphatic carbocycles. The molecule has 10 rings (SSSR count). The molecule has 6 aliphatic rings. The van der Waals surface area contributed by atoms with E-state index in [9.17, 15) is 69.6 Å². The van der Waals surface area contributed by atoms with Gasteiger partial charge in [0.2, 0.25) is 23.4 Å². The summed E-state index contributed by atoms with van der Waals surface area (Å²) in [5.74, 6) is -8.30. The number of aliphatic hydroxyl groups is 4. The Morgan fingerprint density at radius 2 is 0.964 bits per heavy atom. The maximum atomic E-state index is 14.2. The van der Waals surface area contributed by atoms with E-state index in [1.165, 1.54) is 64.5 Å². The molecule has 4 aromatic rings. The van der Waals surface area contributed by atoms with Crippen LogP contribution < -0.4 is 31.8 Å². The first-order valence-electron chi connectivity index (χ1n) is 26.6. The van der Waals surface area contributed by atoms with Crippen molar-refractivity contribution in [2.45, 2.75) is 145 Å². The van der Waals surface area contributed by atoms with Gasteiger partial charge in [-0.15, -0.1) is 0 Å². The normalized spacial score (nSPS) is 29.3. The highest BCUT2D eigenvalue weighted by Crippen LogP contribution is 2.55. The molecule has 0 spiro atoms. The molecule has 12 unspecified atom stereocenters. The average molecular weight is 1150 g/mol. The van der Waals surface area contributed by atoms with Gasteiger partial charge in [-0.25, -0.2) is 10.9 Å². The summed E-state index contributed by atoms with van der Waals surface area (Å²) in [6.07, 6.45) is -12.2. The van der Waals surface area contributed by atoms with Crippen LogP contribution in [0.2, 0.25) is 0 Å². The molecule has 0 bridgehead atoms. The van der Waals surface area contributed by atoms with E-state index >= 15 is 0 Å². The third-order valence-electron chi connectivity index (χ3n) is 16.6. The summed E-state index contributed by atoms with van der Waals surface area (Å²) in [4.78, 5) is 83.3. The molecule has 26 heteroatoms. The zero-order valence-electron chi connectivity index (χ0n) is 45.7. The number of nitrogens with two attached hydrogens (primary N) is 2. The zero-order valence-corrected chi connectivity index (χ0v) is 45.7. The third-order valence-corrected chi connectivity index (χ3v) is 16.6. The maximum Gasteiger partial charge on any atom is 0.249 e. The van der Waals surface area contributed by atoms with Crippen molar-refractivity contribution in [3.8, 4) is 34.5 Å². The number of phenolic OH excluding ortho intramolecular Hbond substituents is 4. The molecule has 0 aromatic heterocycles. The first kappa shape index (κ1) is 58.4. The van der Waals surface area contributed by atoms with Gasteiger partial charge in [0, 0.05) is 84.0 Å². The number of ketones is 4. The molecule has 2 saturated heterocycles. The fourth-order valence-electron chi connectivity index (χ4n) is 12.1.